The molecule has 3 rings (SSSR count). The highest BCUT2D eigenvalue weighted by Gasteiger charge is 2.13. The van der Waals surface area contributed by atoms with Gasteiger partial charge in [-0.25, -0.2) is 10.4 Å². The third-order valence-corrected chi connectivity index (χ3v) is 3.99. The predicted octanol–water partition coefficient (Wildman–Crippen LogP) is 2.78. The molecule has 2 aromatic carbocycles. The van der Waals surface area contributed by atoms with Crippen molar-refractivity contribution in [1.82, 2.24) is 9.97 Å². The molecule has 0 amide bonds. The number of nitriles is 1. The van der Waals surface area contributed by atoms with Crippen molar-refractivity contribution in [3.63, 3.8) is 0 Å². The number of aromatic nitrogens is 2. The average molecular weight is 375 g/mol. The number of phenolic OH excluding ortho intramolecular Hbond substituents is 1. The van der Waals surface area contributed by atoms with Crippen molar-refractivity contribution in [3.8, 4) is 28.8 Å². The van der Waals surface area contributed by atoms with Gasteiger partial charge in [0.2, 0.25) is 5.95 Å². The first kappa shape index (κ1) is 18.7. The van der Waals surface area contributed by atoms with Gasteiger partial charge in [0.15, 0.2) is 0 Å². The minimum absolute atomic E-state index is 0.0672. The van der Waals surface area contributed by atoms with E-state index in [1.54, 1.807) is 43.3 Å². The summed E-state index contributed by atoms with van der Waals surface area (Å²) >= 11 is 0. The summed E-state index contributed by atoms with van der Waals surface area (Å²) in [5.74, 6) is 0.712. The first-order valence-electron chi connectivity index (χ1n) is 8.30. The van der Waals surface area contributed by atoms with Crippen LogP contribution in [0.1, 0.15) is 16.7 Å². The Kier molecular flexibility index (Phi) is 5.37. The van der Waals surface area contributed by atoms with Gasteiger partial charge in [0, 0.05) is 11.1 Å². The van der Waals surface area contributed by atoms with Crippen molar-refractivity contribution in [2.24, 2.45) is 5.10 Å². The van der Waals surface area contributed by atoms with E-state index in [4.69, 9.17) is 4.74 Å². The largest absolute Gasteiger partial charge is 0.507 e. The van der Waals surface area contributed by atoms with Crippen LogP contribution in [0.2, 0.25) is 0 Å². The summed E-state index contributed by atoms with van der Waals surface area (Å²) in [6, 6.07) is 14.1. The van der Waals surface area contributed by atoms with Gasteiger partial charge in [0.05, 0.1) is 19.0 Å². The number of phenols is 1. The van der Waals surface area contributed by atoms with E-state index in [-0.39, 0.29) is 23.0 Å². The summed E-state index contributed by atoms with van der Waals surface area (Å²) < 4.78 is 5.18. The highest BCUT2D eigenvalue weighted by Crippen LogP contribution is 2.26. The fraction of sp³-hybridized carbons (Fsp3) is 0.100. The molecule has 0 bridgehead atoms. The number of anilines is 1. The summed E-state index contributed by atoms with van der Waals surface area (Å²) in [6.45, 7) is 1.74. The Morgan fingerprint density at radius 2 is 2.07 bits per heavy atom. The smallest absolute Gasteiger partial charge is 0.270 e. The van der Waals surface area contributed by atoms with Crippen LogP contribution in [-0.2, 0) is 0 Å². The zero-order valence-electron chi connectivity index (χ0n) is 15.2. The number of ether oxygens (including phenoxy) is 1. The third kappa shape index (κ3) is 3.83. The number of methoxy groups -OCH3 is 1. The number of aryl methyl sites for hydroxylation is 1. The number of rotatable bonds is 5. The summed E-state index contributed by atoms with van der Waals surface area (Å²) in [7, 11) is 1.53. The second kappa shape index (κ2) is 8.05. The molecule has 1 aromatic heterocycles. The Morgan fingerprint density at radius 1 is 1.32 bits per heavy atom. The fourth-order valence-corrected chi connectivity index (χ4v) is 2.59. The zero-order valence-corrected chi connectivity index (χ0v) is 15.2. The molecule has 0 aliphatic rings. The van der Waals surface area contributed by atoms with Crippen LogP contribution >= 0.6 is 0 Å². The van der Waals surface area contributed by atoms with E-state index in [0.717, 1.165) is 0 Å². The number of aromatic hydroxyl groups is 1. The second-order valence-electron chi connectivity index (χ2n) is 5.87. The molecule has 0 saturated carbocycles. The van der Waals surface area contributed by atoms with Crippen LogP contribution < -0.4 is 15.7 Å². The van der Waals surface area contributed by atoms with E-state index in [1.807, 2.05) is 12.1 Å². The first-order valence-corrected chi connectivity index (χ1v) is 8.30. The van der Waals surface area contributed by atoms with Gasteiger partial charge in [0.25, 0.3) is 5.56 Å². The zero-order chi connectivity index (χ0) is 20.1. The van der Waals surface area contributed by atoms with Gasteiger partial charge in [0.1, 0.15) is 23.1 Å². The quantitative estimate of drug-likeness (QED) is 0.465. The Balaban J connectivity index is 1.93. The maximum Gasteiger partial charge on any atom is 0.270 e. The third-order valence-electron chi connectivity index (χ3n) is 3.99. The molecular weight excluding hydrogens is 358 g/mol. The van der Waals surface area contributed by atoms with Crippen molar-refractivity contribution in [2.45, 2.75) is 6.92 Å². The van der Waals surface area contributed by atoms with Gasteiger partial charge >= 0.3 is 0 Å². The Bertz CT molecular complexity index is 1130. The van der Waals surface area contributed by atoms with Crippen LogP contribution in [0.25, 0.3) is 11.3 Å². The molecule has 8 nitrogen and oxygen atoms in total. The molecule has 0 spiro atoms. The molecule has 0 aliphatic carbocycles. The number of hydrazone groups is 1. The maximum absolute atomic E-state index is 12.2. The average Bonchev–Trinajstić information content (AvgIpc) is 2.71. The number of nitrogens with zero attached hydrogens (tertiary/aromatic N) is 3. The van der Waals surface area contributed by atoms with E-state index in [1.165, 1.54) is 13.3 Å². The molecule has 0 atom stereocenters. The molecule has 0 saturated heterocycles. The minimum Gasteiger partial charge on any atom is -0.507 e. The minimum atomic E-state index is -0.575. The fourth-order valence-electron chi connectivity index (χ4n) is 2.59. The lowest BCUT2D eigenvalue weighted by Gasteiger charge is -2.07. The van der Waals surface area contributed by atoms with Crippen molar-refractivity contribution in [3.05, 3.63) is 69.5 Å². The summed E-state index contributed by atoms with van der Waals surface area (Å²) in [5, 5.41) is 23.4. The van der Waals surface area contributed by atoms with Crippen LogP contribution in [0, 0.1) is 18.3 Å². The molecule has 140 valence electrons. The Hall–Kier alpha value is -4.12. The molecule has 0 aliphatic heterocycles. The van der Waals surface area contributed by atoms with Crippen LogP contribution in [0.15, 0.2) is 52.4 Å². The summed E-state index contributed by atoms with van der Waals surface area (Å²) in [6.07, 6.45) is 1.38. The molecule has 8 heteroatoms. The number of hydrogen-bond donors (Lipinski definition) is 3. The normalized spacial score (nSPS) is 10.6. The van der Waals surface area contributed by atoms with Crippen molar-refractivity contribution in [1.29, 1.82) is 5.26 Å². The molecule has 3 aromatic rings. The van der Waals surface area contributed by atoms with E-state index in [9.17, 15) is 15.2 Å². The lowest BCUT2D eigenvalue weighted by molar-refractivity contribution is 0.411. The highest BCUT2D eigenvalue weighted by atomic mass is 16.5. The molecule has 0 radical (unpaired) electrons. The number of benzene rings is 2. The standard InChI is InChI=1S/C20H17N5O3/c1-12-8-15(28-2)9-14(18(12)26)11-22-25-20-23-17(13-6-4-3-5-7-13)16(10-21)19(27)24-20/h3-9,11,26H,1-2H3,(H2,23,24,25,27). The SMILES string of the molecule is COc1cc(C)c(O)c(C=NNc2nc(-c3ccccc3)c(C#N)c(=O)[nH]2)c1. The summed E-state index contributed by atoms with van der Waals surface area (Å²) in [5.41, 5.74) is 3.93. The van der Waals surface area contributed by atoms with Crippen molar-refractivity contribution >= 4 is 12.2 Å². The van der Waals surface area contributed by atoms with Crippen molar-refractivity contribution < 1.29 is 9.84 Å². The first-order chi connectivity index (χ1) is 13.5. The molecule has 3 N–H and O–H groups in total. The molecule has 0 fully saturated rings. The second-order valence-corrected chi connectivity index (χ2v) is 5.87. The van der Waals surface area contributed by atoms with Gasteiger partial charge in [-0.2, -0.15) is 10.4 Å². The predicted molar refractivity (Wildman–Crippen MR) is 106 cm³/mol. The number of H-pyrrole nitrogens is 1. The van der Waals surface area contributed by atoms with E-state index < -0.39 is 5.56 Å². The number of aromatic amines is 1. The monoisotopic (exact) mass is 375 g/mol. The topological polar surface area (TPSA) is 123 Å². The Morgan fingerprint density at radius 3 is 2.75 bits per heavy atom. The van der Waals surface area contributed by atoms with Gasteiger partial charge in [-0.15, -0.1) is 0 Å². The summed E-state index contributed by atoms with van der Waals surface area (Å²) in [4.78, 5) is 19.0. The van der Waals surface area contributed by atoms with E-state index >= 15 is 0 Å². The number of hydrogen-bond acceptors (Lipinski definition) is 7. The van der Waals surface area contributed by atoms with Crippen LogP contribution in [-0.4, -0.2) is 28.4 Å². The van der Waals surface area contributed by atoms with Crippen LogP contribution in [0.4, 0.5) is 5.95 Å². The lowest BCUT2D eigenvalue weighted by Crippen LogP contribution is -2.16. The lowest BCUT2D eigenvalue weighted by atomic mass is 10.1. The molecule has 1 heterocycles. The van der Waals surface area contributed by atoms with Crippen LogP contribution in [0.5, 0.6) is 11.5 Å². The van der Waals surface area contributed by atoms with Crippen LogP contribution in [0.3, 0.4) is 0 Å². The van der Waals surface area contributed by atoms with E-state index in [0.29, 0.717) is 22.4 Å². The van der Waals surface area contributed by atoms with E-state index in [2.05, 4.69) is 20.5 Å². The molecule has 0 unspecified atom stereocenters. The van der Waals surface area contributed by atoms with Gasteiger partial charge in [-0.05, 0) is 24.6 Å². The van der Waals surface area contributed by atoms with Crippen molar-refractivity contribution in [2.75, 3.05) is 12.5 Å². The Labute approximate surface area is 160 Å². The maximum atomic E-state index is 12.2. The van der Waals surface area contributed by atoms with Gasteiger partial charge in [-0.1, -0.05) is 30.3 Å². The number of nitrogens with one attached hydrogen (secondary N) is 2. The van der Waals surface area contributed by atoms with Gasteiger partial charge < -0.3 is 9.84 Å². The molecule has 28 heavy (non-hydrogen) atoms. The van der Waals surface area contributed by atoms with Gasteiger partial charge in [-0.3, -0.25) is 9.78 Å². The molecular formula is C20H17N5O3. The highest BCUT2D eigenvalue weighted by molar-refractivity contribution is 5.85.